The van der Waals surface area contributed by atoms with E-state index in [-0.39, 0.29) is 31.3 Å². The number of hydrogen-bond acceptors (Lipinski definition) is 12. The van der Waals surface area contributed by atoms with E-state index in [1.54, 1.807) is 7.11 Å². The van der Waals surface area contributed by atoms with Gasteiger partial charge in [0.25, 0.3) is 0 Å². The average molecular weight is 861 g/mol. The number of ether oxygens (including phenoxy) is 5. The van der Waals surface area contributed by atoms with E-state index in [2.05, 4.69) is 14.8 Å². The fraction of sp³-hybridized carbons (Fsp3) is 0.596. The zero-order chi connectivity index (χ0) is 44.3. The van der Waals surface area contributed by atoms with Gasteiger partial charge in [-0.15, -0.1) is 0 Å². The number of fused-ring (bicyclic) bond motifs is 6. The maximum Gasteiger partial charge on any atom is 0.344 e. The van der Waals surface area contributed by atoms with Gasteiger partial charge in [0.1, 0.15) is 16.9 Å². The van der Waals surface area contributed by atoms with Crippen LogP contribution in [0.4, 0.5) is 14.5 Å². The highest BCUT2D eigenvalue weighted by Gasteiger charge is 2.80. The van der Waals surface area contributed by atoms with Gasteiger partial charge in [-0.1, -0.05) is 19.1 Å². The second-order valence-corrected chi connectivity index (χ2v) is 18.7. The summed E-state index contributed by atoms with van der Waals surface area (Å²) < 4.78 is 60.3. The van der Waals surface area contributed by atoms with Crippen molar-refractivity contribution in [3.8, 4) is 11.5 Å². The molecule has 0 radical (unpaired) electrons. The number of methoxy groups -OCH3 is 4. The first-order valence-electron chi connectivity index (χ1n) is 21.7. The Hall–Kier alpha value is -4.73. The van der Waals surface area contributed by atoms with Crippen molar-refractivity contribution in [2.45, 2.75) is 93.4 Å². The molecule has 2 bridgehead atoms. The molecule has 1 aliphatic carbocycles. The Morgan fingerprint density at radius 1 is 0.984 bits per heavy atom. The van der Waals surface area contributed by atoms with Gasteiger partial charge in [-0.2, -0.15) is 0 Å². The number of carbonyl (C=O) groups is 3. The Bertz CT molecular complexity index is 2360. The monoisotopic (exact) mass is 860 g/mol. The summed E-state index contributed by atoms with van der Waals surface area (Å²) in [4.78, 5) is 52.8. The predicted molar refractivity (Wildman–Crippen MR) is 226 cm³/mol. The number of carbonyl (C=O) groups excluding carboxylic acids is 3. The molecule has 1 spiro atoms. The number of H-pyrrole nitrogens is 1. The van der Waals surface area contributed by atoms with Crippen LogP contribution in [-0.4, -0.2) is 136 Å². The van der Waals surface area contributed by atoms with E-state index in [4.69, 9.17) is 23.7 Å². The molecule has 0 amide bonds. The normalized spacial score (nSPS) is 34.8. The van der Waals surface area contributed by atoms with E-state index < -0.39 is 63.7 Å². The molecule has 1 aromatic heterocycles. The number of nitrogens with zero attached hydrogens (tertiary/aromatic N) is 3. The minimum absolute atomic E-state index is 0.124. The van der Waals surface area contributed by atoms with Crippen LogP contribution in [0.15, 0.2) is 42.5 Å². The molecule has 10 atom stereocenters. The number of aliphatic hydroxyl groups is 1. The second kappa shape index (κ2) is 14.7. The summed E-state index contributed by atoms with van der Waals surface area (Å²) in [6.07, 6.45) is 4.39. The number of likely N-dealkylation sites (N-methyl/N-ethyl adjacent to an activating group) is 1. The lowest BCUT2D eigenvalue weighted by Crippen LogP contribution is -2.81. The van der Waals surface area contributed by atoms with Crippen LogP contribution in [0.25, 0.3) is 10.9 Å². The number of benzene rings is 2. The number of halogens is 2. The first-order chi connectivity index (χ1) is 29.5. The van der Waals surface area contributed by atoms with Crippen LogP contribution in [0.5, 0.6) is 11.5 Å². The van der Waals surface area contributed by atoms with Crippen LogP contribution in [0.2, 0.25) is 0 Å². The minimum Gasteiger partial charge on any atom is -0.497 e. The number of piperidine rings is 1. The highest BCUT2D eigenvalue weighted by molar-refractivity contribution is 5.95. The van der Waals surface area contributed by atoms with Crippen LogP contribution in [0.1, 0.15) is 68.8 Å². The summed E-state index contributed by atoms with van der Waals surface area (Å²) in [7, 11) is 7.52. The number of rotatable bonds is 8. The lowest BCUT2D eigenvalue weighted by atomic mass is 9.47. The van der Waals surface area contributed by atoms with Crippen molar-refractivity contribution < 1.29 is 52.0 Å². The van der Waals surface area contributed by atoms with Gasteiger partial charge in [-0.25, -0.2) is 13.6 Å². The zero-order valence-electron chi connectivity index (χ0n) is 36.8. The maximum atomic E-state index is 15.4. The number of hydrogen-bond donors (Lipinski definition) is 2. The van der Waals surface area contributed by atoms with Crippen molar-refractivity contribution in [3.05, 3.63) is 64.9 Å². The molecule has 2 aromatic carbocycles. The number of alkyl halides is 2. The molecule has 5 aliphatic heterocycles. The van der Waals surface area contributed by atoms with Crippen LogP contribution in [0.3, 0.4) is 0 Å². The maximum absolute atomic E-state index is 15.4. The van der Waals surface area contributed by atoms with Gasteiger partial charge >= 0.3 is 17.9 Å². The number of aromatic nitrogens is 1. The molecule has 2 saturated heterocycles. The molecule has 6 aliphatic rings. The van der Waals surface area contributed by atoms with E-state index >= 15 is 13.6 Å². The molecular weight excluding hydrogens is 803 g/mol. The minimum atomic E-state index is -2.95. The van der Waals surface area contributed by atoms with E-state index in [1.165, 1.54) is 28.3 Å². The fourth-order valence-corrected chi connectivity index (χ4v) is 13.6. The number of esters is 3. The number of nitrogens with one attached hydrogen (secondary N) is 1. The van der Waals surface area contributed by atoms with Crippen LogP contribution >= 0.6 is 0 Å². The summed E-state index contributed by atoms with van der Waals surface area (Å²) in [5.41, 5.74) is -1.84. The number of anilines is 1. The van der Waals surface area contributed by atoms with E-state index in [0.29, 0.717) is 73.9 Å². The second-order valence-electron chi connectivity index (χ2n) is 18.7. The van der Waals surface area contributed by atoms with E-state index in [1.807, 2.05) is 61.4 Å². The molecule has 1 saturated carbocycles. The third-order valence-corrected chi connectivity index (χ3v) is 15.9. The van der Waals surface area contributed by atoms with Crippen molar-refractivity contribution in [2.24, 2.45) is 17.3 Å². The molecule has 9 rings (SSSR count). The Balaban J connectivity index is 1.36. The van der Waals surface area contributed by atoms with Crippen molar-refractivity contribution in [3.63, 3.8) is 0 Å². The molecule has 6 heterocycles. The van der Waals surface area contributed by atoms with Crippen molar-refractivity contribution in [2.75, 3.05) is 73.1 Å². The molecule has 3 fully saturated rings. The quantitative estimate of drug-likeness (QED) is 0.176. The predicted octanol–water partition coefficient (Wildman–Crippen LogP) is 5.13. The summed E-state index contributed by atoms with van der Waals surface area (Å²) >= 11 is 0. The Morgan fingerprint density at radius 2 is 1.74 bits per heavy atom. The fourth-order valence-electron chi connectivity index (χ4n) is 13.6. The molecule has 3 aromatic rings. The van der Waals surface area contributed by atoms with Gasteiger partial charge in [0, 0.05) is 96.9 Å². The van der Waals surface area contributed by atoms with Crippen molar-refractivity contribution >= 4 is 34.5 Å². The zero-order valence-corrected chi connectivity index (χ0v) is 36.8. The van der Waals surface area contributed by atoms with Crippen molar-refractivity contribution in [1.29, 1.82) is 0 Å². The first-order valence-corrected chi connectivity index (χ1v) is 21.7. The highest BCUT2D eigenvalue weighted by atomic mass is 19.3. The Labute approximate surface area is 360 Å². The van der Waals surface area contributed by atoms with Gasteiger partial charge in [0.15, 0.2) is 6.10 Å². The SMILES string of the molecule is CC[C@]12C=CCN3CC[C@@]4(c5cc([C@@]6(C(=O)OC)C[C@H]7CC(C(C)(F)F)CN(CCc8c6[nH]c6ccc(OC)cc86)C7)c(OC)cc5N(C)[C@H]4[C@@](O)(C(=O)OC)[C@@H]1OC(C)=O)[C@@H]32. The standard InChI is InChI=1S/C47H58F2N4O9/c1-9-44-14-10-16-53-18-15-45(38(44)53)32-21-33(36(59-6)22-35(32)51(4)39(45)47(57,42(56)61-8)40(44)62-26(2)54)46(41(55)60-7)23-27-19-28(43(3,48)49)25-52(24-27)17-13-30-31-20-29(58-5)11-12-34(31)50-37(30)46/h10-12,14,20-22,27-28,38-40,50,57H,9,13,15-19,23-25H2,1-8H3/t27-,28?,38+,39-,40-,44-,45-,46+,47+/m1/s1. The van der Waals surface area contributed by atoms with Gasteiger partial charge < -0.3 is 43.6 Å². The average Bonchev–Trinajstić information content (AvgIpc) is 3.91. The number of aromatic amines is 1. The van der Waals surface area contributed by atoms with Crippen LogP contribution in [0, 0.1) is 17.3 Å². The summed E-state index contributed by atoms with van der Waals surface area (Å²) in [6, 6.07) is 8.22. The molecule has 62 heavy (non-hydrogen) atoms. The third-order valence-electron chi connectivity index (χ3n) is 15.9. The highest BCUT2D eigenvalue weighted by Crippen LogP contribution is 2.68. The molecule has 2 unspecified atom stereocenters. The van der Waals surface area contributed by atoms with Crippen LogP contribution in [-0.2, 0) is 45.8 Å². The Morgan fingerprint density at radius 3 is 2.40 bits per heavy atom. The lowest BCUT2D eigenvalue weighted by Gasteiger charge is -2.63. The summed E-state index contributed by atoms with van der Waals surface area (Å²) in [5.74, 6) is -5.41. The summed E-state index contributed by atoms with van der Waals surface area (Å²) in [6.45, 7) is 6.67. The smallest absolute Gasteiger partial charge is 0.344 e. The molecule has 13 nitrogen and oxygen atoms in total. The van der Waals surface area contributed by atoms with Gasteiger partial charge in [0.05, 0.1) is 34.5 Å². The largest absolute Gasteiger partial charge is 0.497 e. The van der Waals surface area contributed by atoms with Gasteiger partial charge in [-0.05, 0) is 86.9 Å². The van der Waals surface area contributed by atoms with E-state index in [9.17, 15) is 14.7 Å². The Kier molecular flexibility index (Phi) is 10.1. The molecule has 2 N–H and O–H groups in total. The van der Waals surface area contributed by atoms with Crippen molar-refractivity contribution in [1.82, 2.24) is 14.8 Å². The van der Waals surface area contributed by atoms with E-state index in [0.717, 1.165) is 29.0 Å². The topological polar surface area (TPSA) is 143 Å². The van der Waals surface area contributed by atoms with Crippen LogP contribution < -0.4 is 14.4 Å². The van der Waals surface area contributed by atoms with Gasteiger partial charge in [0.2, 0.25) is 11.5 Å². The lowest BCUT2D eigenvalue weighted by molar-refractivity contribution is -0.228. The molecular formula is C47H58F2N4O9. The molecule has 334 valence electrons. The summed E-state index contributed by atoms with van der Waals surface area (Å²) in [5, 5.41) is 14.2. The van der Waals surface area contributed by atoms with Gasteiger partial charge in [-0.3, -0.25) is 14.5 Å². The first kappa shape index (κ1) is 42.6. The third kappa shape index (κ3) is 5.61. The molecule has 15 heteroatoms.